The molecule has 0 radical (unpaired) electrons. The van der Waals surface area contributed by atoms with E-state index in [1.54, 1.807) is 30.1 Å². The van der Waals surface area contributed by atoms with Gasteiger partial charge in [0.05, 0.1) is 28.1 Å². The lowest BCUT2D eigenvalue weighted by Gasteiger charge is -2.36. The number of aliphatic hydroxyl groups is 2. The Hall–Kier alpha value is -3.28. The molecule has 1 atom stereocenters. The number of thiophene rings is 1. The highest BCUT2D eigenvalue weighted by molar-refractivity contribution is 7.21. The quantitative estimate of drug-likeness (QED) is 0.409. The number of fused-ring (bicyclic) bond motifs is 1. The number of piperazine rings is 1. The van der Waals surface area contributed by atoms with Gasteiger partial charge >= 0.3 is 0 Å². The second-order valence-corrected chi connectivity index (χ2v) is 11.5. The minimum atomic E-state index is -1.36. The summed E-state index contributed by atoms with van der Waals surface area (Å²) in [5.41, 5.74) is 2.12. The van der Waals surface area contributed by atoms with Gasteiger partial charge in [0.25, 0.3) is 11.8 Å². The molecular formula is C28H36N6O4S. The molecule has 0 spiro atoms. The first-order valence-corrected chi connectivity index (χ1v) is 14.4. The van der Waals surface area contributed by atoms with Gasteiger partial charge in [-0.15, -0.1) is 11.3 Å². The maximum absolute atomic E-state index is 13.1. The summed E-state index contributed by atoms with van der Waals surface area (Å²) >= 11 is 1.54. The number of carbonyl (C=O) groups excluding carboxylic acids is 2. The van der Waals surface area contributed by atoms with Crippen molar-refractivity contribution in [3.63, 3.8) is 0 Å². The predicted molar refractivity (Wildman–Crippen MR) is 153 cm³/mol. The number of pyridine rings is 2. The molecule has 0 aromatic carbocycles. The molecule has 2 amide bonds. The lowest BCUT2D eigenvalue weighted by atomic mass is 9.83. The molecule has 3 N–H and O–H groups in total. The van der Waals surface area contributed by atoms with Gasteiger partial charge in [0.1, 0.15) is 11.6 Å². The second-order valence-electron chi connectivity index (χ2n) is 10.5. The summed E-state index contributed by atoms with van der Waals surface area (Å²) in [7, 11) is 3.61. The van der Waals surface area contributed by atoms with Gasteiger partial charge < -0.3 is 30.2 Å². The summed E-state index contributed by atoms with van der Waals surface area (Å²) < 4.78 is 1.03. The van der Waals surface area contributed by atoms with E-state index >= 15 is 0 Å². The van der Waals surface area contributed by atoms with E-state index in [1.807, 2.05) is 18.3 Å². The molecule has 10 nitrogen and oxygen atoms in total. The Morgan fingerprint density at radius 3 is 2.44 bits per heavy atom. The van der Waals surface area contributed by atoms with E-state index in [-0.39, 0.29) is 5.91 Å². The Morgan fingerprint density at radius 2 is 1.79 bits per heavy atom. The molecule has 1 aliphatic carbocycles. The van der Waals surface area contributed by atoms with Crippen LogP contribution in [0.1, 0.15) is 53.3 Å². The zero-order valence-electron chi connectivity index (χ0n) is 22.5. The van der Waals surface area contributed by atoms with Gasteiger partial charge in [-0.3, -0.25) is 9.59 Å². The largest absolute Gasteiger partial charge is 0.393 e. The lowest BCUT2D eigenvalue weighted by Crippen LogP contribution is -2.52. The molecule has 1 saturated carbocycles. The van der Waals surface area contributed by atoms with Gasteiger partial charge in [-0.25, -0.2) is 9.97 Å². The molecule has 1 saturated heterocycles. The second kappa shape index (κ2) is 11.8. The van der Waals surface area contributed by atoms with Crippen LogP contribution in [0.3, 0.4) is 0 Å². The molecule has 1 aliphatic heterocycles. The maximum Gasteiger partial charge on any atom is 0.263 e. The number of nitrogens with one attached hydrogen (secondary N) is 1. The fourth-order valence-electron chi connectivity index (χ4n) is 5.50. The molecule has 2 aliphatic rings. The number of aromatic nitrogens is 2. The van der Waals surface area contributed by atoms with Gasteiger partial charge in [0.15, 0.2) is 6.10 Å². The Balaban J connectivity index is 1.31. The average molecular weight is 553 g/mol. The number of hydrogen-bond donors (Lipinski definition) is 3. The first-order valence-electron chi connectivity index (χ1n) is 13.6. The number of nitrogens with zero attached hydrogens (tertiary/aromatic N) is 5. The van der Waals surface area contributed by atoms with Crippen molar-refractivity contribution < 1.29 is 19.8 Å². The van der Waals surface area contributed by atoms with Crippen molar-refractivity contribution in [2.24, 2.45) is 0 Å². The molecule has 208 valence electrons. The summed E-state index contributed by atoms with van der Waals surface area (Å²) in [6, 6.07) is 5.94. The molecule has 4 heterocycles. The number of carbonyl (C=O) groups is 2. The van der Waals surface area contributed by atoms with E-state index in [0.29, 0.717) is 43.7 Å². The smallest absolute Gasteiger partial charge is 0.263 e. The van der Waals surface area contributed by atoms with Crippen LogP contribution in [0.4, 0.5) is 17.3 Å². The molecule has 5 rings (SSSR count). The lowest BCUT2D eigenvalue weighted by molar-refractivity contribution is -0.142. The average Bonchev–Trinajstić information content (AvgIpc) is 3.35. The van der Waals surface area contributed by atoms with Crippen molar-refractivity contribution in [2.45, 2.75) is 44.1 Å². The van der Waals surface area contributed by atoms with E-state index in [0.717, 1.165) is 33.5 Å². The third-order valence-corrected chi connectivity index (χ3v) is 8.79. The van der Waals surface area contributed by atoms with E-state index in [9.17, 15) is 14.7 Å². The van der Waals surface area contributed by atoms with Crippen LogP contribution in [0.5, 0.6) is 0 Å². The monoisotopic (exact) mass is 552 g/mol. The normalized spacial score (nSPS) is 17.3. The number of amides is 2. The summed E-state index contributed by atoms with van der Waals surface area (Å²) in [6.07, 6.45) is 8.16. The van der Waals surface area contributed by atoms with Crippen molar-refractivity contribution in [1.29, 1.82) is 0 Å². The highest BCUT2D eigenvalue weighted by atomic mass is 32.1. The topological polar surface area (TPSA) is 122 Å². The number of rotatable bonds is 7. The Labute approximate surface area is 232 Å². The van der Waals surface area contributed by atoms with Crippen molar-refractivity contribution in [3.8, 4) is 0 Å². The summed E-state index contributed by atoms with van der Waals surface area (Å²) in [5, 5.41) is 23.1. The zero-order chi connectivity index (χ0) is 27.5. The van der Waals surface area contributed by atoms with Crippen LogP contribution in [-0.2, 0) is 4.79 Å². The highest BCUT2D eigenvalue weighted by Gasteiger charge is 2.28. The molecule has 0 bridgehead atoms. The minimum Gasteiger partial charge on any atom is -0.393 e. The molecule has 39 heavy (non-hydrogen) atoms. The summed E-state index contributed by atoms with van der Waals surface area (Å²) in [6.45, 7) is 1.62. The Bertz CT molecular complexity index is 1310. The van der Waals surface area contributed by atoms with Crippen LogP contribution < -0.4 is 10.2 Å². The first-order chi connectivity index (χ1) is 18.9. The predicted octanol–water partition coefficient (Wildman–Crippen LogP) is 3.19. The summed E-state index contributed by atoms with van der Waals surface area (Å²) in [5.74, 6) is 1.37. The molecule has 1 unspecified atom stereocenters. The van der Waals surface area contributed by atoms with Crippen LogP contribution in [-0.4, -0.2) is 94.8 Å². The van der Waals surface area contributed by atoms with Crippen molar-refractivity contribution in [1.82, 2.24) is 19.8 Å². The zero-order valence-corrected chi connectivity index (χ0v) is 23.3. The standard InChI is InChI=1S/C28H36N6O4S/c1-32(2)28(38)26-25(18-6-4-3-5-7-18)20-14-24(30-16-22(20)39-26)31-23-9-8-19(15-29-23)33-10-12-34(13-11-33)27(37)21(36)17-35/h8-9,14-16,18,21,35-36H,3-7,10-13,17H2,1-2H3,(H,29,30,31). The van der Waals surface area contributed by atoms with E-state index < -0.39 is 18.6 Å². The van der Waals surface area contributed by atoms with Crippen LogP contribution in [0, 0.1) is 0 Å². The van der Waals surface area contributed by atoms with Crippen molar-refractivity contribution >= 4 is 50.6 Å². The third kappa shape index (κ3) is 5.85. The van der Waals surface area contributed by atoms with Gasteiger partial charge in [-0.2, -0.15) is 0 Å². The Morgan fingerprint density at radius 1 is 1.08 bits per heavy atom. The van der Waals surface area contributed by atoms with Crippen molar-refractivity contribution in [3.05, 3.63) is 41.0 Å². The van der Waals surface area contributed by atoms with Crippen LogP contribution in [0.25, 0.3) is 10.1 Å². The van der Waals surface area contributed by atoms with E-state index in [1.165, 1.54) is 36.2 Å². The molecular weight excluding hydrogens is 516 g/mol. The SMILES string of the molecule is CN(C)C(=O)c1sc2cnc(Nc3ccc(N4CCN(C(=O)C(O)CO)CC4)cn3)cc2c1C1CCCCC1. The van der Waals surface area contributed by atoms with Crippen LogP contribution in [0.2, 0.25) is 0 Å². The summed E-state index contributed by atoms with van der Waals surface area (Å²) in [4.78, 5) is 40.6. The van der Waals surface area contributed by atoms with Gasteiger partial charge in [0, 0.05) is 51.9 Å². The fourth-order valence-corrected chi connectivity index (χ4v) is 6.76. The Kier molecular flexibility index (Phi) is 8.29. The number of anilines is 3. The van der Waals surface area contributed by atoms with Crippen LogP contribution >= 0.6 is 11.3 Å². The fraction of sp³-hybridized carbons (Fsp3) is 0.500. The van der Waals surface area contributed by atoms with Crippen LogP contribution in [0.15, 0.2) is 30.6 Å². The molecule has 3 aromatic heterocycles. The molecule has 3 aromatic rings. The van der Waals surface area contributed by atoms with Crippen molar-refractivity contribution in [2.75, 3.05) is 57.1 Å². The molecule has 11 heteroatoms. The number of hydrogen-bond acceptors (Lipinski definition) is 9. The highest BCUT2D eigenvalue weighted by Crippen LogP contribution is 2.43. The number of aliphatic hydroxyl groups excluding tert-OH is 2. The maximum atomic E-state index is 13.1. The van der Waals surface area contributed by atoms with Gasteiger partial charge in [-0.1, -0.05) is 19.3 Å². The van der Waals surface area contributed by atoms with E-state index in [4.69, 9.17) is 5.11 Å². The van der Waals surface area contributed by atoms with E-state index in [2.05, 4.69) is 26.3 Å². The molecule has 2 fully saturated rings. The van der Waals surface area contributed by atoms with Gasteiger partial charge in [-0.05, 0) is 42.5 Å². The minimum absolute atomic E-state index is 0.0540. The first kappa shape index (κ1) is 27.3. The third-order valence-electron chi connectivity index (χ3n) is 7.65. The van der Waals surface area contributed by atoms with Gasteiger partial charge in [0.2, 0.25) is 0 Å².